The molecule has 1 aliphatic rings. The molecule has 128 valence electrons. The highest BCUT2D eigenvalue weighted by Gasteiger charge is 2.25. The van der Waals surface area contributed by atoms with Gasteiger partial charge in [0.25, 0.3) is 0 Å². The smallest absolute Gasteiger partial charge is 0.214 e. The maximum atomic E-state index is 9.02. The standard InChI is InChI=1S/C19H15N5O2/c20-7-11-1-3-13-12(5-11)2-4-16(13)26-18-6-14(15(21)8-24-18)19(22)17-9-23-10-25-17/h1,3,5-6,8-10,16,22H,2,4,21H2/t16-/m1/s1. The molecule has 1 atom stereocenters. The zero-order valence-electron chi connectivity index (χ0n) is 13.8. The monoisotopic (exact) mass is 345 g/mol. The Balaban J connectivity index is 1.60. The van der Waals surface area contributed by atoms with E-state index in [1.54, 1.807) is 12.1 Å². The third-order valence-corrected chi connectivity index (χ3v) is 4.42. The van der Waals surface area contributed by atoms with E-state index < -0.39 is 0 Å². The molecule has 4 rings (SSSR count). The Bertz CT molecular complexity index is 1020. The lowest BCUT2D eigenvalue weighted by Gasteiger charge is -2.15. The van der Waals surface area contributed by atoms with Gasteiger partial charge in [-0.25, -0.2) is 9.97 Å². The minimum atomic E-state index is -0.138. The Hall–Kier alpha value is -3.66. The van der Waals surface area contributed by atoms with E-state index in [0.717, 1.165) is 24.0 Å². The fourth-order valence-corrected chi connectivity index (χ4v) is 3.12. The maximum Gasteiger partial charge on any atom is 0.214 e. The predicted molar refractivity (Wildman–Crippen MR) is 93.9 cm³/mol. The van der Waals surface area contributed by atoms with Gasteiger partial charge < -0.3 is 14.9 Å². The van der Waals surface area contributed by atoms with Crippen molar-refractivity contribution >= 4 is 11.4 Å². The van der Waals surface area contributed by atoms with E-state index in [4.69, 9.17) is 25.6 Å². The van der Waals surface area contributed by atoms with Crippen LogP contribution in [0.2, 0.25) is 0 Å². The molecule has 1 aliphatic carbocycles. The number of hydrogen-bond acceptors (Lipinski definition) is 7. The van der Waals surface area contributed by atoms with Gasteiger partial charge in [0.15, 0.2) is 12.2 Å². The van der Waals surface area contributed by atoms with Crippen LogP contribution >= 0.6 is 0 Å². The number of nitrogens with one attached hydrogen (secondary N) is 1. The number of hydrogen-bond donors (Lipinski definition) is 2. The Labute approximate surface area is 149 Å². The van der Waals surface area contributed by atoms with Crippen molar-refractivity contribution in [3.05, 3.63) is 71.1 Å². The molecule has 2 heterocycles. The lowest BCUT2D eigenvalue weighted by Crippen LogP contribution is -2.09. The van der Waals surface area contributed by atoms with E-state index in [9.17, 15) is 0 Å². The van der Waals surface area contributed by atoms with E-state index in [1.807, 2.05) is 12.1 Å². The summed E-state index contributed by atoms with van der Waals surface area (Å²) in [7, 11) is 0. The van der Waals surface area contributed by atoms with E-state index in [0.29, 0.717) is 28.5 Å². The molecule has 0 amide bonds. The summed E-state index contributed by atoms with van der Waals surface area (Å²) in [5.41, 5.74) is 9.77. The Morgan fingerprint density at radius 1 is 1.35 bits per heavy atom. The number of nitrogens with two attached hydrogens (primary N) is 1. The third-order valence-electron chi connectivity index (χ3n) is 4.42. The SMILES string of the molecule is N#Cc1ccc2c(c1)CC[C@H]2Oc1cc(C(=N)c2cnco2)c(N)cn1. The van der Waals surface area contributed by atoms with Gasteiger partial charge in [-0.15, -0.1) is 0 Å². The molecular formula is C19H15N5O2. The van der Waals surface area contributed by atoms with Gasteiger partial charge in [0.2, 0.25) is 5.88 Å². The number of fused-ring (bicyclic) bond motifs is 1. The van der Waals surface area contributed by atoms with Gasteiger partial charge in [0.05, 0.1) is 29.7 Å². The molecule has 1 aromatic carbocycles. The normalized spacial score (nSPS) is 15.3. The van der Waals surface area contributed by atoms with E-state index >= 15 is 0 Å². The Morgan fingerprint density at radius 2 is 2.23 bits per heavy atom. The molecule has 0 bridgehead atoms. The zero-order valence-corrected chi connectivity index (χ0v) is 13.8. The molecule has 0 unspecified atom stereocenters. The summed E-state index contributed by atoms with van der Waals surface area (Å²) in [4.78, 5) is 8.06. The van der Waals surface area contributed by atoms with Gasteiger partial charge in [0.1, 0.15) is 11.8 Å². The molecule has 0 radical (unpaired) electrons. The van der Waals surface area contributed by atoms with Gasteiger partial charge in [0, 0.05) is 11.6 Å². The lowest BCUT2D eigenvalue weighted by atomic mass is 10.1. The second-order valence-corrected chi connectivity index (χ2v) is 6.02. The fraction of sp³-hybridized carbons (Fsp3) is 0.158. The van der Waals surface area contributed by atoms with Crippen molar-refractivity contribution in [2.24, 2.45) is 0 Å². The number of nitrogen functional groups attached to an aromatic ring is 1. The third kappa shape index (κ3) is 2.78. The van der Waals surface area contributed by atoms with Crippen LogP contribution < -0.4 is 10.5 Å². The number of nitriles is 1. The summed E-state index contributed by atoms with van der Waals surface area (Å²) in [6, 6.07) is 9.42. The summed E-state index contributed by atoms with van der Waals surface area (Å²) in [6.45, 7) is 0. The van der Waals surface area contributed by atoms with Gasteiger partial charge >= 0.3 is 0 Å². The number of oxazole rings is 1. The average Bonchev–Trinajstić information content (AvgIpc) is 3.32. The van der Waals surface area contributed by atoms with Crippen LogP contribution in [0.15, 0.2) is 47.5 Å². The highest BCUT2D eigenvalue weighted by Crippen LogP contribution is 2.35. The van der Waals surface area contributed by atoms with Crippen molar-refractivity contribution in [1.82, 2.24) is 9.97 Å². The first-order valence-corrected chi connectivity index (χ1v) is 8.08. The molecule has 0 spiro atoms. The second-order valence-electron chi connectivity index (χ2n) is 6.02. The molecule has 0 saturated carbocycles. The van der Waals surface area contributed by atoms with Crippen LogP contribution in [-0.4, -0.2) is 15.7 Å². The maximum absolute atomic E-state index is 9.02. The number of rotatable bonds is 4. The molecule has 2 aromatic heterocycles. The van der Waals surface area contributed by atoms with Crippen LogP contribution in [0.3, 0.4) is 0 Å². The molecule has 26 heavy (non-hydrogen) atoms. The van der Waals surface area contributed by atoms with Crippen LogP contribution in [0, 0.1) is 16.7 Å². The fourth-order valence-electron chi connectivity index (χ4n) is 3.12. The predicted octanol–water partition coefficient (Wildman–Crippen LogP) is 3.01. The molecule has 3 N–H and O–H groups in total. The summed E-state index contributed by atoms with van der Waals surface area (Å²) >= 11 is 0. The van der Waals surface area contributed by atoms with Gasteiger partial charge in [-0.1, -0.05) is 6.07 Å². The highest BCUT2D eigenvalue weighted by atomic mass is 16.5. The Kier molecular flexibility index (Phi) is 3.86. The summed E-state index contributed by atoms with van der Waals surface area (Å²) < 4.78 is 11.2. The van der Waals surface area contributed by atoms with Crippen molar-refractivity contribution in [3.8, 4) is 11.9 Å². The highest BCUT2D eigenvalue weighted by molar-refractivity contribution is 6.12. The second kappa shape index (κ2) is 6.33. The van der Waals surface area contributed by atoms with Gasteiger partial charge in [-0.05, 0) is 36.1 Å². The number of aromatic nitrogens is 2. The van der Waals surface area contributed by atoms with Crippen molar-refractivity contribution in [3.63, 3.8) is 0 Å². The van der Waals surface area contributed by atoms with E-state index in [1.165, 1.54) is 18.8 Å². The summed E-state index contributed by atoms with van der Waals surface area (Å²) in [5, 5.41) is 17.3. The van der Waals surface area contributed by atoms with Crippen molar-refractivity contribution in [1.29, 1.82) is 10.7 Å². The molecule has 0 fully saturated rings. The van der Waals surface area contributed by atoms with Crippen LogP contribution in [0.1, 0.15) is 40.5 Å². The summed E-state index contributed by atoms with van der Waals surface area (Å²) in [5.74, 6) is 0.713. The molecule has 0 aliphatic heterocycles. The van der Waals surface area contributed by atoms with Crippen LogP contribution in [0.25, 0.3) is 0 Å². The zero-order chi connectivity index (χ0) is 18.1. The van der Waals surface area contributed by atoms with E-state index in [2.05, 4.69) is 16.0 Å². The first-order valence-electron chi connectivity index (χ1n) is 8.08. The Morgan fingerprint density at radius 3 is 3.00 bits per heavy atom. The number of benzene rings is 1. The molecule has 0 saturated heterocycles. The molecular weight excluding hydrogens is 330 g/mol. The first-order chi connectivity index (χ1) is 12.7. The first kappa shape index (κ1) is 15.8. The quantitative estimate of drug-likeness (QED) is 0.701. The van der Waals surface area contributed by atoms with E-state index in [-0.39, 0.29) is 11.8 Å². The summed E-state index contributed by atoms with van der Waals surface area (Å²) in [6.07, 6.45) is 5.73. The largest absolute Gasteiger partial charge is 0.469 e. The van der Waals surface area contributed by atoms with Crippen molar-refractivity contribution in [2.75, 3.05) is 5.73 Å². The molecule has 7 nitrogen and oxygen atoms in total. The van der Waals surface area contributed by atoms with Gasteiger partial charge in [-0.2, -0.15) is 5.26 Å². The van der Waals surface area contributed by atoms with Crippen molar-refractivity contribution in [2.45, 2.75) is 18.9 Å². The van der Waals surface area contributed by atoms with Crippen LogP contribution in [-0.2, 0) is 6.42 Å². The van der Waals surface area contributed by atoms with Crippen LogP contribution in [0.4, 0.5) is 5.69 Å². The number of nitrogens with zero attached hydrogens (tertiary/aromatic N) is 3. The number of aryl methyl sites for hydroxylation is 1. The topological polar surface area (TPSA) is 122 Å². The lowest BCUT2D eigenvalue weighted by molar-refractivity contribution is 0.199. The van der Waals surface area contributed by atoms with Crippen LogP contribution in [0.5, 0.6) is 5.88 Å². The average molecular weight is 345 g/mol. The number of anilines is 1. The van der Waals surface area contributed by atoms with Crippen molar-refractivity contribution < 1.29 is 9.15 Å². The number of pyridine rings is 1. The van der Waals surface area contributed by atoms with Gasteiger partial charge in [-0.3, -0.25) is 5.41 Å². The minimum absolute atomic E-state index is 0.123. The molecule has 7 heteroatoms. The minimum Gasteiger partial charge on any atom is -0.469 e. The number of ether oxygens (including phenoxy) is 1. The molecule has 3 aromatic rings.